The zero-order chi connectivity index (χ0) is 30.8. The molecule has 0 saturated heterocycles. The van der Waals surface area contributed by atoms with Gasteiger partial charge in [0.25, 0.3) is 0 Å². The van der Waals surface area contributed by atoms with E-state index in [-0.39, 0.29) is 32.1 Å². The third-order valence-corrected chi connectivity index (χ3v) is 6.99. The molecule has 3 aromatic carbocycles. The molecule has 0 aliphatic carbocycles. The number of hydrogen-bond donors (Lipinski definition) is 2. The van der Waals surface area contributed by atoms with Crippen LogP contribution < -0.4 is 5.32 Å². The number of H-pyrrole nitrogens is 1. The number of carbonyl (C=O) groups is 2. The zero-order valence-electron chi connectivity index (χ0n) is 23.7. The number of urea groups is 1. The molecule has 2 N–H and O–H groups in total. The molecule has 0 atom stereocenters. The minimum atomic E-state index is -4.46. The van der Waals surface area contributed by atoms with Crippen LogP contribution in [0.15, 0.2) is 79.0 Å². The molecule has 1 aromatic heterocycles. The minimum absolute atomic E-state index is 0.0719. The Labute approximate surface area is 247 Å². The maximum absolute atomic E-state index is 13.7. The second-order valence-electron chi connectivity index (χ2n) is 10.0. The van der Waals surface area contributed by atoms with Crippen molar-refractivity contribution in [3.8, 4) is 6.07 Å². The normalized spacial score (nSPS) is 11.2. The smallest absolute Gasteiger partial charge is 0.385 e. The van der Waals surface area contributed by atoms with Crippen LogP contribution in [0.1, 0.15) is 28.7 Å². The lowest BCUT2D eigenvalue weighted by Crippen LogP contribution is -2.45. The average molecular weight is 592 g/mol. The first-order valence-electron chi connectivity index (χ1n) is 13.7. The van der Waals surface area contributed by atoms with E-state index in [0.717, 1.165) is 28.6 Å². The number of aromatic amines is 1. The Morgan fingerprint density at radius 1 is 0.977 bits per heavy atom. The van der Waals surface area contributed by atoms with Crippen molar-refractivity contribution in [3.05, 3.63) is 101 Å². The Balaban J connectivity index is 1.53. The Kier molecular flexibility index (Phi) is 10.4. The number of rotatable bonds is 12. The van der Waals surface area contributed by atoms with Crippen LogP contribution >= 0.6 is 0 Å². The lowest BCUT2D eigenvalue weighted by Gasteiger charge is -2.28. The van der Waals surface area contributed by atoms with E-state index >= 15 is 0 Å². The van der Waals surface area contributed by atoms with Crippen LogP contribution in [-0.4, -0.2) is 60.1 Å². The highest BCUT2D eigenvalue weighted by Gasteiger charge is 2.30. The summed E-state index contributed by atoms with van der Waals surface area (Å²) in [5.74, 6) is -0.355. The van der Waals surface area contributed by atoms with E-state index < -0.39 is 17.8 Å². The van der Waals surface area contributed by atoms with Crippen molar-refractivity contribution < 1.29 is 27.5 Å². The van der Waals surface area contributed by atoms with Gasteiger partial charge in [0.05, 0.1) is 17.2 Å². The molecule has 0 radical (unpaired) electrons. The number of fused-ring (bicyclic) bond motifs is 1. The summed E-state index contributed by atoms with van der Waals surface area (Å²) < 4.78 is 44.5. The molecular formula is C32H32F3N5O3. The van der Waals surface area contributed by atoms with Crippen molar-refractivity contribution in [3.63, 3.8) is 0 Å². The second-order valence-corrected chi connectivity index (χ2v) is 10.0. The fourth-order valence-electron chi connectivity index (χ4n) is 4.65. The molecule has 4 rings (SSSR count). The van der Waals surface area contributed by atoms with Gasteiger partial charge in [0, 0.05) is 56.1 Å². The van der Waals surface area contributed by atoms with E-state index in [1.165, 1.54) is 17.0 Å². The van der Waals surface area contributed by atoms with Crippen LogP contribution in [0.4, 0.5) is 23.7 Å². The number of methoxy groups -OCH3 is 1. The molecule has 0 spiro atoms. The molecule has 0 fully saturated rings. The molecule has 224 valence electrons. The van der Waals surface area contributed by atoms with E-state index in [1.54, 1.807) is 36.3 Å². The summed E-state index contributed by atoms with van der Waals surface area (Å²) >= 11 is 0. The molecular weight excluding hydrogens is 559 g/mol. The second kappa shape index (κ2) is 14.4. The largest absolute Gasteiger partial charge is 0.416 e. The van der Waals surface area contributed by atoms with Crippen molar-refractivity contribution in [2.24, 2.45) is 0 Å². The molecule has 43 heavy (non-hydrogen) atoms. The predicted octanol–water partition coefficient (Wildman–Crippen LogP) is 6.20. The molecule has 4 aromatic rings. The number of aromatic nitrogens is 1. The molecule has 1 heterocycles. The van der Waals surface area contributed by atoms with Gasteiger partial charge in [-0.2, -0.15) is 18.4 Å². The first-order valence-corrected chi connectivity index (χ1v) is 13.7. The van der Waals surface area contributed by atoms with Crippen molar-refractivity contribution in [2.45, 2.75) is 25.6 Å². The fraction of sp³-hybridized carbons (Fsp3) is 0.281. The SMILES string of the molecule is COCCCN(CC(=O)N(CCc1c[nH]c2ccccc12)Cc1ccc(C(F)(F)F)cc1)C(=O)Nc1ccc(C#N)cc1. The van der Waals surface area contributed by atoms with Gasteiger partial charge in [-0.05, 0) is 66.4 Å². The number of hydrogen-bond acceptors (Lipinski definition) is 4. The van der Waals surface area contributed by atoms with Gasteiger partial charge in [0.1, 0.15) is 6.54 Å². The summed E-state index contributed by atoms with van der Waals surface area (Å²) in [5, 5.41) is 12.8. The molecule has 3 amide bonds. The fourth-order valence-corrected chi connectivity index (χ4v) is 4.65. The maximum atomic E-state index is 13.7. The number of para-hydroxylation sites is 1. The van der Waals surface area contributed by atoms with Crippen molar-refractivity contribution in [1.29, 1.82) is 5.26 Å². The number of nitrogens with zero attached hydrogens (tertiary/aromatic N) is 3. The molecule has 0 saturated carbocycles. The Morgan fingerprint density at radius 3 is 2.37 bits per heavy atom. The van der Waals surface area contributed by atoms with Crippen molar-refractivity contribution in [2.75, 3.05) is 38.7 Å². The van der Waals surface area contributed by atoms with Gasteiger partial charge in [0.2, 0.25) is 5.91 Å². The summed E-state index contributed by atoms with van der Waals surface area (Å²) in [5.41, 5.74) is 2.64. The summed E-state index contributed by atoms with van der Waals surface area (Å²) in [6.45, 7) is 0.719. The van der Waals surface area contributed by atoms with Crippen LogP contribution in [-0.2, 0) is 28.7 Å². The highest BCUT2D eigenvalue weighted by atomic mass is 19.4. The van der Waals surface area contributed by atoms with Crippen LogP contribution in [0, 0.1) is 11.3 Å². The van der Waals surface area contributed by atoms with Crippen LogP contribution in [0.2, 0.25) is 0 Å². The van der Waals surface area contributed by atoms with E-state index in [2.05, 4.69) is 10.3 Å². The molecule has 0 bridgehead atoms. The van der Waals surface area contributed by atoms with Crippen molar-refractivity contribution >= 4 is 28.5 Å². The van der Waals surface area contributed by atoms with Gasteiger partial charge in [-0.15, -0.1) is 0 Å². The van der Waals surface area contributed by atoms with Crippen LogP contribution in [0.3, 0.4) is 0 Å². The van der Waals surface area contributed by atoms with Gasteiger partial charge in [0.15, 0.2) is 0 Å². The van der Waals surface area contributed by atoms with Gasteiger partial charge >= 0.3 is 12.2 Å². The van der Waals surface area contributed by atoms with Gasteiger partial charge in [-0.3, -0.25) is 4.79 Å². The standard InChI is InChI=1S/C32H32F3N5O3/c1-43-18-4-16-40(31(42)38-27-13-9-23(19-36)10-14-27)22-30(41)39(21-24-7-11-26(12-8-24)32(33,34)35)17-15-25-20-37-29-6-3-2-5-28(25)29/h2-3,5-14,20,37H,4,15-18,21-22H2,1H3,(H,38,42). The quantitative estimate of drug-likeness (QED) is 0.192. The van der Waals surface area contributed by atoms with Crippen molar-refractivity contribution in [1.82, 2.24) is 14.8 Å². The number of alkyl halides is 3. The Morgan fingerprint density at radius 2 is 1.70 bits per heavy atom. The molecule has 0 aliphatic heterocycles. The number of anilines is 1. The number of nitriles is 1. The molecule has 11 heteroatoms. The number of halogens is 3. The summed E-state index contributed by atoms with van der Waals surface area (Å²) in [4.78, 5) is 33.1. The number of amides is 3. The average Bonchev–Trinajstić information content (AvgIpc) is 3.42. The lowest BCUT2D eigenvalue weighted by atomic mass is 10.1. The van der Waals surface area contributed by atoms with E-state index in [9.17, 15) is 22.8 Å². The van der Waals surface area contributed by atoms with E-state index in [4.69, 9.17) is 10.00 Å². The maximum Gasteiger partial charge on any atom is 0.416 e. The molecule has 0 unspecified atom stereocenters. The summed E-state index contributed by atoms with van der Waals surface area (Å²) in [6, 6.07) is 20.4. The van der Waals surface area contributed by atoms with Gasteiger partial charge < -0.3 is 24.8 Å². The van der Waals surface area contributed by atoms with Gasteiger partial charge in [-0.1, -0.05) is 30.3 Å². The van der Waals surface area contributed by atoms with E-state index in [1.807, 2.05) is 36.5 Å². The Hall–Kier alpha value is -4.82. The summed E-state index contributed by atoms with van der Waals surface area (Å²) in [6.07, 6.45) is -1.60. The highest BCUT2D eigenvalue weighted by Crippen LogP contribution is 2.29. The number of benzene rings is 3. The summed E-state index contributed by atoms with van der Waals surface area (Å²) in [7, 11) is 1.54. The highest BCUT2D eigenvalue weighted by molar-refractivity contribution is 5.92. The number of ether oxygens (including phenoxy) is 1. The zero-order valence-corrected chi connectivity index (χ0v) is 23.7. The van der Waals surface area contributed by atoms with Gasteiger partial charge in [-0.25, -0.2) is 4.79 Å². The van der Waals surface area contributed by atoms with Crippen LogP contribution in [0.25, 0.3) is 10.9 Å². The Bertz CT molecular complexity index is 1560. The first kappa shape index (κ1) is 31.1. The number of nitrogens with one attached hydrogen (secondary N) is 2. The molecule has 8 nitrogen and oxygen atoms in total. The minimum Gasteiger partial charge on any atom is -0.385 e. The number of carbonyl (C=O) groups excluding carboxylic acids is 2. The van der Waals surface area contributed by atoms with Crippen LogP contribution in [0.5, 0.6) is 0 Å². The predicted molar refractivity (Wildman–Crippen MR) is 157 cm³/mol. The van der Waals surface area contributed by atoms with E-state index in [0.29, 0.717) is 36.3 Å². The third kappa shape index (κ3) is 8.59. The molecule has 0 aliphatic rings. The lowest BCUT2D eigenvalue weighted by molar-refractivity contribution is -0.137. The topological polar surface area (TPSA) is 101 Å². The third-order valence-electron chi connectivity index (χ3n) is 6.99. The monoisotopic (exact) mass is 591 g/mol. The first-order chi connectivity index (χ1) is 20.7.